The first-order chi connectivity index (χ1) is 24.1. The van der Waals surface area contributed by atoms with Gasteiger partial charge in [-0.25, -0.2) is 18.6 Å². The predicted octanol–water partition coefficient (Wildman–Crippen LogP) is 1.93. The Balaban J connectivity index is 0.000000808. The molecule has 0 spiro atoms. The average Bonchev–Trinajstić information content (AvgIpc) is 3.66. The summed E-state index contributed by atoms with van der Waals surface area (Å²) in [7, 11) is -7.47. The van der Waals surface area contributed by atoms with Crippen molar-refractivity contribution < 1.29 is 38.1 Å². The van der Waals surface area contributed by atoms with E-state index in [4.69, 9.17) is 40.3 Å². The highest BCUT2D eigenvalue weighted by Gasteiger charge is 2.53. The molecule has 2 saturated heterocycles. The molecule has 5 aromatic rings. The molecule has 9 nitrogen and oxygen atoms in total. The Hall–Kier alpha value is -3.90. The van der Waals surface area contributed by atoms with E-state index < -0.39 is 17.5 Å². The van der Waals surface area contributed by atoms with Crippen LogP contribution in [0.2, 0.25) is 0 Å². The van der Waals surface area contributed by atoms with Gasteiger partial charge in [-0.15, -0.1) is 10.2 Å². The maximum atomic E-state index is 13.7. The molecule has 3 heterocycles. The summed E-state index contributed by atoms with van der Waals surface area (Å²) >= 11 is 6.98. The number of amides is 1. The lowest BCUT2D eigenvalue weighted by atomic mass is 10.1. The fourth-order valence-corrected chi connectivity index (χ4v) is 11.6. The van der Waals surface area contributed by atoms with Gasteiger partial charge in [0, 0.05) is 19.2 Å². The van der Waals surface area contributed by atoms with Crippen LogP contribution < -0.4 is 44.9 Å². The van der Waals surface area contributed by atoms with E-state index in [9.17, 15) is 4.79 Å². The van der Waals surface area contributed by atoms with Crippen LogP contribution in [0.1, 0.15) is 30.7 Å². The lowest BCUT2D eigenvalue weighted by molar-refractivity contribution is -2.00. The molecule has 0 N–H and O–H groups in total. The second-order valence-electron chi connectivity index (χ2n) is 11.5. The highest BCUT2D eigenvalue weighted by atomic mass is 35.7. The van der Waals surface area contributed by atoms with Crippen LogP contribution in [-0.2, 0) is 11.3 Å². The Labute approximate surface area is 303 Å². The molecule has 1 aromatic heterocycles. The number of rotatable bonds is 8. The summed E-state index contributed by atoms with van der Waals surface area (Å²) < 4.78 is 41.3. The lowest BCUT2D eigenvalue weighted by Gasteiger charge is -2.30. The summed E-state index contributed by atoms with van der Waals surface area (Å²) in [5.41, 5.74) is 1.96. The number of thioether (sulfide) groups is 1. The Morgan fingerprint density at radius 2 is 1.22 bits per heavy atom. The normalized spacial score (nSPS) is 16.0. The van der Waals surface area contributed by atoms with E-state index in [1.165, 1.54) is 34.1 Å². The van der Waals surface area contributed by atoms with Crippen LogP contribution in [0, 0.1) is 10.2 Å². The van der Waals surface area contributed by atoms with Gasteiger partial charge >= 0.3 is 0 Å². The second kappa shape index (κ2) is 16.0. The molecule has 0 saturated carbocycles. The first-order valence-corrected chi connectivity index (χ1v) is 20.1. The molecule has 0 radical (unpaired) electrons. The third-order valence-corrected chi connectivity index (χ3v) is 13.8. The molecule has 2 fully saturated rings. The first-order valence-electron chi connectivity index (χ1n) is 15.9. The molecule has 1 amide bonds. The van der Waals surface area contributed by atoms with E-state index in [0.29, 0.717) is 21.7 Å². The van der Waals surface area contributed by atoms with Gasteiger partial charge in [-0.3, -0.25) is 9.69 Å². The fourth-order valence-electron chi connectivity index (χ4n) is 6.19. The van der Waals surface area contributed by atoms with Gasteiger partial charge < -0.3 is 9.32 Å². The first kappa shape index (κ1) is 35.9. The summed E-state index contributed by atoms with van der Waals surface area (Å²) in [6.07, 6.45) is 5.19. The zero-order chi connectivity index (χ0) is 35.1. The van der Waals surface area contributed by atoms with Crippen molar-refractivity contribution in [3.8, 4) is 0 Å². The Kier molecular flexibility index (Phi) is 11.5. The summed E-state index contributed by atoms with van der Waals surface area (Å²) in [6.45, 7) is 2.24. The molecule has 13 heteroatoms. The van der Waals surface area contributed by atoms with Crippen LogP contribution in [0.15, 0.2) is 131 Å². The number of piperidine rings is 1. The maximum Gasteiger partial charge on any atom is 0.266 e. The standard InChI is InChI=1S/C37H33N3O2PS2.ClHO4/c41-35-32(45-37(44)40(35)27-28-16-6-1-7-17-28)26-33-38-34(36(42-33)39-24-14-5-15-25-39)43(29-18-8-2-9-19-29,30-20-10-3-11-21-30)31-22-12-4-13-23-31;2-1(3,4)5/h1-4,6-13,16-23,26H,5,14-15,24-25,27H2;(H,2,3,4,5)/q+1;/p-1/b32-26+;. The number of aromatic nitrogens is 1. The molecular weight excluding hydrogens is 713 g/mol. The van der Waals surface area contributed by atoms with Crippen molar-refractivity contribution in [3.05, 3.63) is 138 Å². The number of hydrogen-bond acceptors (Lipinski definition) is 10. The van der Waals surface area contributed by atoms with Crippen LogP contribution in [-0.4, -0.2) is 33.2 Å². The van der Waals surface area contributed by atoms with Crippen molar-refractivity contribution in [3.63, 3.8) is 0 Å². The van der Waals surface area contributed by atoms with Crippen LogP contribution in [0.4, 0.5) is 5.88 Å². The minimum absolute atomic E-state index is 0.122. The van der Waals surface area contributed by atoms with Crippen LogP contribution in [0.5, 0.6) is 0 Å². The van der Waals surface area contributed by atoms with Gasteiger partial charge in [-0.1, -0.05) is 109 Å². The van der Waals surface area contributed by atoms with Crippen molar-refractivity contribution in [1.29, 1.82) is 0 Å². The number of thiocarbonyl (C=S) groups is 1. The average molecular weight is 746 g/mol. The van der Waals surface area contributed by atoms with E-state index in [1.807, 2.05) is 30.3 Å². The van der Waals surface area contributed by atoms with Crippen molar-refractivity contribution in [2.45, 2.75) is 25.8 Å². The summed E-state index contributed by atoms with van der Waals surface area (Å²) in [5, 5.41) is 3.61. The number of nitrogens with zero attached hydrogens (tertiary/aromatic N) is 3. The van der Waals surface area contributed by atoms with E-state index in [2.05, 4.69) is 95.9 Å². The highest BCUT2D eigenvalue weighted by Crippen LogP contribution is 2.56. The van der Waals surface area contributed by atoms with Crippen molar-refractivity contribution in [2.75, 3.05) is 18.0 Å². The number of halogens is 1. The van der Waals surface area contributed by atoms with E-state index in [1.54, 1.807) is 11.0 Å². The minimum Gasteiger partial charge on any atom is -0.417 e. The van der Waals surface area contributed by atoms with E-state index in [-0.39, 0.29) is 5.91 Å². The molecule has 0 aliphatic carbocycles. The fraction of sp³-hybridized carbons (Fsp3) is 0.162. The lowest BCUT2D eigenvalue weighted by Crippen LogP contribution is -2.68. The van der Waals surface area contributed by atoms with Gasteiger partial charge in [0.2, 0.25) is 5.89 Å². The molecule has 256 valence electrons. The molecule has 2 aliphatic heterocycles. The number of hydrogen-bond donors (Lipinski definition) is 0. The largest absolute Gasteiger partial charge is 0.417 e. The smallest absolute Gasteiger partial charge is 0.266 e. The molecular formula is C37H33ClN3O6PS2. The number of anilines is 1. The third-order valence-electron chi connectivity index (χ3n) is 8.31. The van der Waals surface area contributed by atoms with Crippen LogP contribution >= 0.6 is 31.2 Å². The maximum absolute atomic E-state index is 13.7. The zero-order valence-electron chi connectivity index (χ0n) is 26.8. The van der Waals surface area contributed by atoms with Gasteiger partial charge in [-0.2, -0.15) is 4.98 Å². The van der Waals surface area contributed by atoms with Gasteiger partial charge in [0.25, 0.3) is 17.2 Å². The Bertz CT molecular complexity index is 1840. The monoisotopic (exact) mass is 745 g/mol. The van der Waals surface area contributed by atoms with Gasteiger partial charge in [0.1, 0.15) is 20.2 Å². The third kappa shape index (κ3) is 8.18. The molecule has 0 unspecified atom stereocenters. The van der Waals surface area contributed by atoms with Crippen molar-refractivity contribution in [2.24, 2.45) is 0 Å². The van der Waals surface area contributed by atoms with Crippen molar-refractivity contribution in [1.82, 2.24) is 9.88 Å². The molecule has 50 heavy (non-hydrogen) atoms. The highest BCUT2D eigenvalue weighted by molar-refractivity contribution is 8.26. The Morgan fingerprint density at radius 1 is 0.760 bits per heavy atom. The van der Waals surface area contributed by atoms with E-state index in [0.717, 1.165) is 42.8 Å². The summed E-state index contributed by atoms with van der Waals surface area (Å²) in [6, 6.07) is 42.1. The zero-order valence-corrected chi connectivity index (χ0v) is 30.1. The molecule has 2 aliphatic rings. The molecule has 0 atom stereocenters. The SMILES string of the molecule is O=C1/C(=C\c2nc([P+](c3ccccc3)(c3ccccc3)c3ccccc3)c(N3CCCCC3)o2)SC(=S)N1Cc1ccccc1.[O-][Cl+3]([O-])([O-])[O-]. The summed E-state index contributed by atoms with van der Waals surface area (Å²) in [4.78, 5) is 23.6. The number of carbonyl (C=O) groups excluding carboxylic acids is 1. The van der Waals surface area contributed by atoms with E-state index >= 15 is 0 Å². The van der Waals surface area contributed by atoms with Crippen LogP contribution in [0.3, 0.4) is 0 Å². The van der Waals surface area contributed by atoms with Gasteiger partial charge in [0.05, 0.1) is 11.4 Å². The molecule has 7 rings (SSSR count). The molecule has 0 bridgehead atoms. The van der Waals surface area contributed by atoms with Crippen molar-refractivity contribution >= 4 is 74.8 Å². The number of oxazole rings is 1. The second-order valence-corrected chi connectivity index (χ2v) is 17.3. The number of benzene rings is 4. The van der Waals surface area contributed by atoms with Gasteiger partial charge in [0.15, 0.2) is 7.26 Å². The Morgan fingerprint density at radius 3 is 1.70 bits per heavy atom. The predicted molar refractivity (Wildman–Crippen MR) is 193 cm³/mol. The summed E-state index contributed by atoms with van der Waals surface area (Å²) in [5.74, 6) is 1.10. The minimum atomic E-state index is -4.94. The molecule has 4 aromatic carbocycles. The van der Waals surface area contributed by atoms with Gasteiger partial charge in [-0.05, 0) is 61.2 Å². The van der Waals surface area contributed by atoms with Crippen LogP contribution in [0.25, 0.3) is 6.08 Å². The topological polar surface area (TPSA) is 142 Å². The quantitative estimate of drug-likeness (QED) is 0.132. The number of carbonyl (C=O) groups is 1.